The van der Waals surface area contributed by atoms with E-state index >= 15 is 0 Å². The van der Waals surface area contributed by atoms with E-state index in [9.17, 15) is 9.59 Å². The standard InChI is InChI=1S/C19H20N4O3S/c1-2-26-15-9-4-3-7-13(15)17(25)20-11-6-10-16(24)23-19-22-14-8-5-12-21-18(14)27-19/h3-5,7-9,12H,2,6,10-11H2,1H3,(H,20,25)(H,22,23,24). The number of para-hydroxylation sites is 1. The summed E-state index contributed by atoms with van der Waals surface area (Å²) in [7, 11) is 0. The second-order valence-electron chi connectivity index (χ2n) is 5.68. The maximum absolute atomic E-state index is 12.3. The van der Waals surface area contributed by atoms with Gasteiger partial charge in [0.05, 0.1) is 12.2 Å². The number of aromatic nitrogens is 2. The van der Waals surface area contributed by atoms with Crippen LogP contribution in [0.15, 0.2) is 42.6 Å². The Morgan fingerprint density at radius 2 is 2.04 bits per heavy atom. The molecule has 7 nitrogen and oxygen atoms in total. The lowest BCUT2D eigenvalue weighted by Crippen LogP contribution is -2.26. The fourth-order valence-electron chi connectivity index (χ4n) is 2.49. The lowest BCUT2D eigenvalue weighted by atomic mass is 10.2. The molecule has 0 aliphatic heterocycles. The van der Waals surface area contributed by atoms with E-state index in [-0.39, 0.29) is 18.2 Å². The van der Waals surface area contributed by atoms with Crippen LogP contribution in [0.2, 0.25) is 0 Å². The van der Waals surface area contributed by atoms with Crippen LogP contribution in [-0.4, -0.2) is 34.9 Å². The molecule has 0 saturated carbocycles. The maximum Gasteiger partial charge on any atom is 0.255 e. The molecule has 0 saturated heterocycles. The molecule has 3 aromatic rings. The van der Waals surface area contributed by atoms with Gasteiger partial charge in [0.2, 0.25) is 5.91 Å². The minimum absolute atomic E-state index is 0.141. The third kappa shape index (κ3) is 5.01. The van der Waals surface area contributed by atoms with E-state index in [2.05, 4.69) is 20.6 Å². The number of hydrogen-bond donors (Lipinski definition) is 2. The van der Waals surface area contributed by atoms with Gasteiger partial charge in [-0.05, 0) is 37.6 Å². The number of nitrogens with zero attached hydrogens (tertiary/aromatic N) is 2. The number of carbonyl (C=O) groups excluding carboxylic acids is 2. The van der Waals surface area contributed by atoms with Gasteiger partial charge in [0.25, 0.3) is 5.91 Å². The Hall–Kier alpha value is -3.00. The highest BCUT2D eigenvalue weighted by Gasteiger charge is 2.12. The molecular weight excluding hydrogens is 364 g/mol. The minimum atomic E-state index is -0.211. The molecule has 2 heterocycles. The van der Waals surface area contributed by atoms with Crippen LogP contribution in [0, 0.1) is 0 Å². The molecule has 0 bridgehead atoms. The van der Waals surface area contributed by atoms with Gasteiger partial charge >= 0.3 is 0 Å². The Kier molecular flexibility index (Phi) is 6.32. The predicted octanol–water partition coefficient (Wildman–Crippen LogP) is 3.24. The highest BCUT2D eigenvalue weighted by atomic mass is 32.1. The SMILES string of the molecule is CCOc1ccccc1C(=O)NCCCC(=O)Nc1nc2cccnc2s1. The van der Waals surface area contributed by atoms with Crippen molar-refractivity contribution in [2.45, 2.75) is 19.8 Å². The number of fused-ring (bicyclic) bond motifs is 1. The summed E-state index contributed by atoms with van der Waals surface area (Å²) in [5.41, 5.74) is 1.25. The molecule has 0 radical (unpaired) electrons. The van der Waals surface area contributed by atoms with Crippen LogP contribution in [0.1, 0.15) is 30.1 Å². The molecule has 27 heavy (non-hydrogen) atoms. The van der Waals surface area contributed by atoms with E-state index < -0.39 is 0 Å². The van der Waals surface area contributed by atoms with Crippen molar-refractivity contribution in [3.63, 3.8) is 0 Å². The lowest BCUT2D eigenvalue weighted by molar-refractivity contribution is -0.116. The second kappa shape index (κ2) is 9.09. The zero-order valence-electron chi connectivity index (χ0n) is 14.9. The van der Waals surface area contributed by atoms with Crippen molar-refractivity contribution in [2.75, 3.05) is 18.5 Å². The molecule has 2 N–H and O–H groups in total. The molecular formula is C19H20N4O3S. The topological polar surface area (TPSA) is 93.2 Å². The van der Waals surface area contributed by atoms with Gasteiger partial charge in [0, 0.05) is 19.2 Å². The molecule has 8 heteroatoms. The molecule has 140 valence electrons. The molecule has 0 atom stereocenters. The predicted molar refractivity (Wildman–Crippen MR) is 105 cm³/mol. The smallest absolute Gasteiger partial charge is 0.255 e. The quantitative estimate of drug-likeness (QED) is 0.582. The number of anilines is 1. The van der Waals surface area contributed by atoms with E-state index in [0.717, 1.165) is 10.3 Å². The first-order chi connectivity index (χ1) is 13.2. The number of amides is 2. The zero-order chi connectivity index (χ0) is 19.1. The number of nitrogens with one attached hydrogen (secondary N) is 2. The first kappa shape index (κ1) is 18.8. The highest BCUT2D eigenvalue weighted by molar-refractivity contribution is 7.21. The van der Waals surface area contributed by atoms with Gasteiger partial charge in [-0.25, -0.2) is 9.97 Å². The molecule has 3 rings (SSSR count). The van der Waals surface area contributed by atoms with Crippen LogP contribution in [0.25, 0.3) is 10.3 Å². The molecule has 2 amide bonds. The van der Waals surface area contributed by atoms with Crippen LogP contribution in [-0.2, 0) is 4.79 Å². The summed E-state index contributed by atoms with van der Waals surface area (Å²) in [5.74, 6) is 0.203. The number of thiazole rings is 1. The first-order valence-electron chi connectivity index (χ1n) is 8.69. The van der Waals surface area contributed by atoms with Gasteiger partial charge in [-0.3, -0.25) is 9.59 Å². The molecule has 1 aromatic carbocycles. The zero-order valence-corrected chi connectivity index (χ0v) is 15.7. The summed E-state index contributed by atoms with van der Waals surface area (Å²) in [4.78, 5) is 33.6. The van der Waals surface area contributed by atoms with Gasteiger partial charge in [-0.1, -0.05) is 23.5 Å². The summed E-state index contributed by atoms with van der Waals surface area (Å²) >= 11 is 1.34. The Bertz CT molecular complexity index is 908. The Morgan fingerprint density at radius 3 is 2.85 bits per heavy atom. The molecule has 0 fully saturated rings. The normalized spacial score (nSPS) is 10.6. The Morgan fingerprint density at radius 1 is 1.19 bits per heavy atom. The number of pyridine rings is 1. The average Bonchev–Trinajstić information content (AvgIpc) is 3.08. The van der Waals surface area contributed by atoms with Crippen molar-refractivity contribution in [3.05, 3.63) is 48.2 Å². The summed E-state index contributed by atoms with van der Waals surface area (Å²) in [6, 6.07) is 10.7. The second-order valence-corrected chi connectivity index (χ2v) is 6.66. The van der Waals surface area contributed by atoms with E-state index in [1.54, 1.807) is 30.5 Å². The van der Waals surface area contributed by atoms with Crippen LogP contribution in [0.4, 0.5) is 5.13 Å². The molecule has 0 unspecified atom stereocenters. The maximum atomic E-state index is 12.3. The number of hydrogen-bond acceptors (Lipinski definition) is 6. The largest absolute Gasteiger partial charge is 0.493 e. The van der Waals surface area contributed by atoms with Gasteiger partial charge in [0.1, 0.15) is 16.1 Å². The van der Waals surface area contributed by atoms with E-state index in [1.807, 2.05) is 19.1 Å². The highest BCUT2D eigenvalue weighted by Crippen LogP contribution is 2.23. The van der Waals surface area contributed by atoms with Crippen molar-refractivity contribution in [3.8, 4) is 5.75 Å². The molecule has 0 aliphatic rings. The third-order valence-electron chi connectivity index (χ3n) is 3.71. The van der Waals surface area contributed by atoms with E-state index in [1.165, 1.54) is 11.3 Å². The van der Waals surface area contributed by atoms with Crippen LogP contribution in [0.3, 0.4) is 0 Å². The van der Waals surface area contributed by atoms with Crippen molar-refractivity contribution in [2.24, 2.45) is 0 Å². The fourth-order valence-corrected chi connectivity index (χ4v) is 3.31. The third-order valence-corrected chi connectivity index (χ3v) is 4.61. The van der Waals surface area contributed by atoms with Crippen molar-refractivity contribution >= 4 is 38.6 Å². The van der Waals surface area contributed by atoms with Gasteiger partial charge in [-0.15, -0.1) is 0 Å². The summed E-state index contributed by atoms with van der Waals surface area (Å²) in [6.45, 7) is 2.76. The van der Waals surface area contributed by atoms with Crippen LogP contribution >= 0.6 is 11.3 Å². The summed E-state index contributed by atoms with van der Waals surface area (Å²) < 4.78 is 5.46. The van der Waals surface area contributed by atoms with Crippen LogP contribution in [0.5, 0.6) is 5.75 Å². The van der Waals surface area contributed by atoms with Gasteiger partial charge in [-0.2, -0.15) is 0 Å². The Labute approximate surface area is 160 Å². The monoisotopic (exact) mass is 384 g/mol. The van der Waals surface area contributed by atoms with Crippen molar-refractivity contribution in [1.29, 1.82) is 0 Å². The van der Waals surface area contributed by atoms with Gasteiger partial charge < -0.3 is 15.4 Å². The fraction of sp³-hybridized carbons (Fsp3) is 0.263. The number of benzene rings is 1. The van der Waals surface area contributed by atoms with E-state index in [0.29, 0.717) is 36.0 Å². The average molecular weight is 384 g/mol. The lowest BCUT2D eigenvalue weighted by Gasteiger charge is -2.10. The Balaban J connectivity index is 1.44. The van der Waals surface area contributed by atoms with Crippen molar-refractivity contribution in [1.82, 2.24) is 15.3 Å². The summed E-state index contributed by atoms with van der Waals surface area (Å²) in [5, 5.41) is 6.12. The first-order valence-corrected chi connectivity index (χ1v) is 9.50. The number of carbonyl (C=O) groups is 2. The van der Waals surface area contributed by atoms with Gasteiger partial charge in [0.15, 0.2) is 5.13 Å². The molecule has 2 aromatic heterocycles. The van der Waals surface area contributed by atoms with Crippen molar-refractivity contribution < 1.29 is 14.3 Å². The van der Waals surface area contributed by atoms with E-state index in [4.69, 9.17) is 4.74 Å². The number of rotatable bonds is 8. The molecule has 0 aliphatic carbocycles. The van der Waals surface area contributed by atoms with Crippen LogP contribution < -0.4 is 15.4 Å². The molecule has 0 spiro atoms. The minimum Gasteiger partial charge on any atom is -0.493 e. The number of ether oxygens (including phenoxy) is 1. The summed E-state index contributed by atoms with van der Waals surface area (Å²) in [6.07, 6.45) is 2.51.